The van der Waals surface area contributed by atoms with Crippen molar-refractivity contribution in [2.45, 2.75) is 6.92 Å². The number of aryl methyl sites for hydroxylation is 1. The number of aromatic nitrogens is 1. The molecule has 5 nitrogen and oxygen atoms in total. The highest BCUT2D eigenvalue weighted by Gasteiger charge is 2.05. The molecule has 0 atom stereocenters. The molecule has 2 aromatic rings. The third-order valence-electron chi connectivity index (χ3n) is 3.28. The molecule has 24 heavy (non-hydrogen) atoms. The molecule has 0 saturated carbocycles. The fraction of sp³-hybridized carbons (Fsp3) is 0.263. The number of anilines is 1. The topological polar surface area (TPSA) is 54.5 Å². The first-order valence-electron chi connectivity index (χ1n) is 7.63. The smallest absolute Gasteiger partial charge is 0.252 e. The lowest BCUT2D eigenvalue weighted by molar-refractivity contribution is 0.0958. The molecule has 0 bridgehead atoms. The molecule has 0 aliphatic carbocycles. The van der Waals surface area contributed by atoms with Gasteiger partial charge in [0.15, 0.2) is 0 Å². The standard InChI is InChI=1S/C19H21N3O2/c1-15-9-10-18(14-21-15)24-12-5-4-11-20-19(23)16-7-6-8-17(13-16)22(2)3/h6-10,13-14H,11-12H2,1-3H3,(H,20,23). The van der Waals surface area contributed by atoms with Gasteiger partial charge < -0.3 is 15.0 Å². The van der Waals surface area contributed by atoms with Crippen LogP contribution >= 0.6 is 0 Å². The summed E-state index contributed by atoms with van der Waals surface area (Å²) < 4.78 is 5.44. The minimum absolute atomic E-state index is 0.142. The first kappa shape index (κ1) is 17.4. The zero-order valence-electron chi connectivity index (χ0n) is 14.2. The van der Waals surface area contributed by atoms with Crippen molar-refractivity contribution >= 4 is 11.6 Å². The van der Waals surface area contributed by atoms with Crippen LogP contribution < -0.4 is 15.0 Å². The average Bonchev–Trinajstić information content (AvgIpc) is 2.59. The van der Waals surface area contributed by atoms with Gasteiger partial charge in [0, 0.05) is 31.0 Å². The molecule has 0 fully saturated rings. The van der Waals surface area contributed by atoms with Crippen LogP contribution in [-0.2, 0) is 0 Å². The second-order valence-electron chi connectivity index (χ2n) is 5.40. The monoisotopic (exact) mass is 323 g/mol. The number of hydrogen-bond donors (Lipinski definition) is 1. The normalized spacial score (nSPS) is 9.62. The first-order valence-corrected chi connectivity index (χ1v) is 7.63. The number of nitrogens with one attached hydrogen (secondary N) is 1. The van der Waals surface area contributed by atoms with E-state index in [2.05, 4.69) is 22.1 Å². The van der Waals surface area contributed by atoms with E-state index < -0.39 is 0 Å². The number of carbonyl (C=O) groups excluding carboxylic acids is 1. The second kappa shape index (κ2) is 8.59. The van der Waals surface area contributed by atoms with Crippen molar-refractivity contribution in [2.24, 2.45) is 0 Å². The van der Waals surface area contributed by atoms with Gasteiger partial charge in [-0.3, -0.25) is 9.78 Å². The summed E-state index contributed by atoms with van der Waals surface area (Å²) in [7, 11) is 3.87. The van der Waals surface area contributed by atoms with Gasteiger partial charge in [0.1, 0.15) is 12.4 Å². The Bertz CT molecular complexity index is 743. The van der Waals surface area contributed by atoms with Gasteiger partial charge >= 0.3 is 0 Å². The Kier molecular flexibility index (Phi) is 6.21. The molecule has 5 heteroatoms. The Hall–Kier alpha value is -3.00. The molecule has 1 aromatic heterocycles. The molecular formula is C19H21N3O2. The zero-order chi connectivity index (χ0) is 17.4. The van der Waals surface area contributed by atoms with E-state index in [1.165, 1.54) is 0 Å². The van der Waals surface area contributed by atoms with Gasteiger partial charge in [-0.1, -0.05) is 17.9 Å². The quantitative estimate of drug-likeness (QED) is 0.858. The molecule has 0 spiro atoms. The van der Waals surface area contributed by atoms with Crippen molar-refractivity contribution in [3.63, 3.8) is 0 Å². The van der Waals surface area contributed by atoms with Crippen molar-refractivity contribution in [3.8, 4) is 17.6 Å². The SMILES string of the molecule is Cc1ccc(OCC#CCNC(=O)c2cccc(N(C)C)c2)cn1. The van der Waals surface area contributed by atoms with Crippen molar-refractivity contribution in [1.82, 2.24) is 10.3 Å². The van der Waals surface area contributed by atoms with E-state index in [9.17, 15) is 4.79 Å². The van der Waals surface area contributed by atoms with Gasteiger partial charge in [-0.15, -0.1) is 0 Å². The van der Waals surface area contributed by atoms with Gasteiger partial charge in [-0.25, -0.2) is 0 Å². The maximum Gasteiger partial charge on any atom is 0.252 e. The van der Waals surface area contributed by atoms with Crippen LogP contribution in [0.3, 0.4) is 0 Å². The van der Waals surface area contributed by atoms with E-state index in [0.717, 1.165) is 11.4 Å². The van der Waals surface area contributed by atoms with Crippen molar-refractivity contribution in [2.75, 3.05) is 32.1 Å². The highest BCUT2D eigenvalue weighted by Crippen LogP contribution is 2.13. The Labute approximate surface area is 142 Å². The Morgan fingerprint density at radius 1 is 1.25 bits per heavy atom. The molecule has 124 valence electrons. The fourth-order valence-electron chi connectivity index (χ4n) is 1.92. The van der Waals surface area contributed by atoms with Crippen molar-refractivity contribution in [3.05, 3.63) is 53.9 Å². The number of benzene rings is 1. The molecule has 0 aliphatic heterocycles. The molecule has 1 heterocycles. The maximum atomic E-state index is 12.1. The van der Waals surface area contributed by atoms with E-state index in [1.54, 1.807) is 12.3 Å². The Balaban J connectivity index is 1.77. The summed E-state index contributed by atoms with van der Waals surface area (Å²) in [4.78, 5) is 18.2. The third-order valence-corrected chi connectivity index (χ3v) is 3.28. The molecule has 0 aliphatic rings. The summed E-state index contributed by atoms with van der Waals surface area (Å²) in [5.41, 5.74) is 2.54. The number of amides is 1. The molecule has 0 saturated heterocycles. The number of rotatable bonds is 5. The number of ether oxygens (including phenoxy) is 1. The lowest BCUT2D eigenvalue weighted by Gasteiger charge is -2.13. The molecular weight excluding hydrogens is 302 g/mol. The first-order chi connectivity index (χ1) is 11.6. The van der Waals surface area contributed by atoms with Crippen LogP contribution in [0.15, 0.2) is 42.6 Å². The van der Waals surface area contributed by atoms with Crippen LogP contribution in [-0.4, -0.2) is 38.1 Å². The van der Waals surface area contributed by atoms with Gasteiger partial charge in [-0.05, 0) is 37.3 Å². The minimum atomic E-state index is -0.142. The lowest BCUT2D eigenvalue weighted by Crippen LogP contribution is -2.24. The van der Waals surface area contributed by atoms with Crippen LogP contribution in [0.4, 0.5) is 5.69 Å². The molecule has 0 radical (unpaired) electrons. The maximum absolute atomic E-state index is 12.1. The van der Waals surface area contributed by atoms with Crippen molar-refractivity contribution < 1.29 is 9.53 Å². The summed E-state index contributed by atoms with van der Waals surface area (Å²) in [5.74, 6) is 6.27. The highest BCUT2D eigenvalue weighted by molar-refractivity contribution is 5.95. The number of hydrogen-bond acceptors (Lipinski definition) is 4. The van der Waals surface area contributed by atoms with E-state index >= 15 is 0 Å². The van der Waals surface area contributed by atoms with E-state index in [1.807, 2.05) is 56.3 Å². The van der Waals surface area contributed by atoms with Crippen LogP contribution in [0, 0.1) is 18.8 Å². The van der Waals surface area contributed by atoms with Gasteiger partial charge in [0.25, 0.3) is 5.91 Å². The van der Waals surface area contributed by atoms with Gasteiger partial charge in [0.05, 0.1) is 12.7 Å². The summed E-state index contributed by atoms with van der Waals surface area (Å²) in [6.07, 6.45) is 1.66. The van der Waals surface area contributed by atoms with E-state index in [0.29, 0.717) is 11.3 Å². The fourth-order valence-corrected chi connectivity index (χ4v) is 1.92. The van der Waals surface area contributed by atoms with Crippen LogP contribution in [0.1, 0.15) is 16.1 Å². The lowest BCUT2D eigenvalue weighted by atomic mass is 10.2. The third kappa shape index (κ3) is 5.33. The summed E-state index contributed by atoms with van der Waals surface area (Å²) in [6.45, 7) is 2.46. The van der Waals surface area contributed by atoms with Gasteiger partial charge in [-0.2, -0.15) is 0 Å². The number of nitrogens with zero attached hydrogens (tertiary/aromatic N) is 2. The average molecular weight is 323 g/mol. The van der Waals surface area contributed by atoms with Crippen LogP contribution in [0.25, 0.3) is 0 Å². The minimum Gasteiger partial charge on any atom is -0.479 e. The van der Waals surface area contributed by atoms with Gasteiger partial charge in [0.2, 0.25) is 0 Å². The number of pyridine rings is 1. The molecule has 0 unspecified atom stereocenters. The Morgan fingerprint density at radius 3 is 2.79 bits per heavy atom. The van der Waals surface area contributed by atoms with E-state index in [4.69, 9.17) is 4.74 Å². The highest BCUT2D eigenvalue weighted by atomic mass is 16.5. The predicted octanol–water partition coefficient (Wildman–Crippen LogP) is 2.27. The Morgan fingerprint density at radius 2 is 2.08 bits per heavy atom. The zero-order valence-corrected chi connectivity index (χ0v) is 14.2. The second-order valence-corrected chi connectivity index (χ2v) is 5.40. The molecule has 1 N–H and O–H groups in total. The van der Waals surface area contributed by atoms with Crippen LogP contribution in [0.5, 0.6) is 5.75 Å². The van der Waals surface area contributed by atoms with Crippen LogP contribution in [0.2, 0.25) is 0 Å². The van der Waals surface area contributed by atoms with Crippen molar-refractivity contribution in [1.29, 1.82) is 0 Å². The molecule has 1 aromatic carbocycles. The largest absolute Gasteiger partial charge is 0.479 e. The number of carbonyl (C=O) groups is 1. The van der Waals surface area contributed by atoms with E-state index in [-0.39, 0.29) is 19.1 Å². The molecule has 2 rings (SSSR count). The summed E-state index contributed by atoms with van der Waals surface area (Å²) in [6, 6.07) is 11.2. The molecule has 1 amide bonds. The predicted molar refractivity (Wildman–Crippen MR) is 95.3 cm³/mol. The summed E-state index contributed by atoms with van der Waals surface area (Å²) in [5, 5.41) is 2.77. The summed E-state index contributed by atoms with van der Waals surface area (Å²) >= 11 is 0.